The van der Waals surface area contributed by atoms with Crippen molar-refractivity contribution in [2.75, 3.05) is 42.5 Å². The number of carbonyl (C=O) groups excluding carboxylic acids is 1. The van der Waals surface area contributed by atoms with E-state index >= 15 is 0 Å². The number of hydrogen-bond acceptors (Lipinski definition) is 3. The fraction of sp³-hybridized carbons (Fsp3) is 0.381. The van der Waals surface area contributed by atoms with Crippen LogP contribution in [0.15, 0.2) is 54.6 Å². The smallest absolute Gasteiger partial charge is 0.245 e. The monoisotopic (exact) mass is 335 g/mol. The van der Waals surface area contributed by atoms with E-state index in [1.807, 2.05) is 17.9 Å². The molecule has 0 spiro atoms. The summed E-state index contributed by atoms with van der Waals surface area (Å²) < 4.78 is 0. The lowest BCUT2D eigenvalue weighted by molar-refractivity contribution is -0.132. The van der Waals surface area contributed by atoms with Crippen LogP contribution in [-0.2, 0) is 11.2 Å². The van der Waals surface area contributed by atoms with Crippen LogP contribution in [-0.4, -0.2) is 49.6 Å². The number of rotatable bonds is 3. The molecule has 0 bridgehead atoms. The van der Waals surface area contributed by atoms with Gasteiger partial charge in [-0.05, 0) is 37.1 Å². The lowest BCUT2D eigenvalue weighted by atomic mass is 10.1. The summed E-state index contributed by atoms with van der Waals surface area (Å²) in [5.41, 5.74) is 3.83. The Bertz CT molecular complexity index is 738. The van der Waals surface area contributed by atoms with E-state index in [0.29, 0.717) is 0 Å². The molecule has 1 atom stereocenters. The molecule has 0 aliphatic carbocycles. The van der Waals surface area contributed by atoms with Crippen LogP contribution in [0.3, 0.4) is 0 Å². The molecule has 0 unspecified atom stereocenters. The van der Waals surface area contributed by atoms with E-state index in [1.165, 1.54) is 16.9 Å². The van der Waals surface area contributed by atoms with Crippen molar-refractivity contribution in [3.05, 3.63) is 60.2 Å². The first kappa shape index (κ1) is 16.0. The van der Waals surface area contributed by atoms with Crippen LogP contribution in [0.1, 0.15) is 12.5 Å². The van der Waals surface area contributed by atoms with Gasteiger partial charge in [0.15, 0.2) is 0 Å². The molecule has 1 amide bonds. The molecule has 4 nitrogen and oxygen atoms in total. The van der Waals surface area contributed by atoms with Gasteiger partial charge in [0, 0.05) is 44.1 Å². The summed E-state index contributed by atoms with van der Waals surface area (Å²) in [6.45, 7) is 6.39. The molecule has 2 aliphatic heterocycles. The van der Waals surface area contributed by atoms with Gasteiger partial charge in [0.05, 0.1) is 0 Å². The summed E-state index contributed by atoms with van der Waals surface area (Å²) in [5, 5.41) is 0. The number of amides is 1. The summed E-state index contributed by atoms with van der Waals surface area (Å²) in [5.74, 6) is 0.254. The molecule has 0 aromatic heterocycles. The summed E-state index contributed by atoms with van der Waals surface area (Å²) in [7, 11) is 0. The summed E-state index contributed by atoms with van der Waals surface area (Å²) in [6, 6.07) is 18.8. The first-order valence-corrected chi connectivity index (χ1v) is 9.17. The summed E-state index contributed by atoms with van der Waals surface area (Å²) >= 11 is 0. The van der Waals surface area contributed by atoms with Crippen molar-refractivity contribution < 1.29 is 4.79 Å². The highest BCUT2D eigenvalue weighted by Gasteiger charge is 2.31. The van der Waals surface area contributed by atoms with Crippen LogP contribution < -0.4 is 9.80 Å². The Morgan fingerprint density at radius 3 is 2.32 bits per heavy atom. The molecule has 4 rings (SSSR count). The molecule has 1 saturated heterocycles. The van der Waals surface area contributed by atoms with Gasteiger partial charge in [-0.3, -0.25) is 4.79 Å². The zero-order valence-corrected chi connectivity index (χ0v) is 14.8. The first-order chi connectivity index (χ1) is 12.2. The molecular weight excluding hydrogens is 310 g/mol. The fourth-order valence-corrected chi connectivity index (χ4v) is 3.99. The molecule has 4 heteroatoms. The van der Waals surface area contributed by atoms with Crippen LogP contribution >= 0.6 is 0 Å². The average molecular weight is 335 g/mol. The van der Waals surface area contributed by atoms with Crippen molar-refractivity contribution in [3.63, 3.8) is 0 Å². The molecule has 2 aromatic carbocycles. The number of anilines is 2. The van der Waals surface area contributed by atoms with Crippen LogP contribution in [0, 0.1) is 0 Å². The van der Waals surface area contributed by atoms with E-state index in [0.717, 1.165) is 39.1 Å². The number of piperazine rings is 1. The van der Waals surface area contributed by atoms with Gasteiger partial charge < -0.3 is 14.7 Å². The highest BCUT2D eigenvalue weighted by molar-refractivity contribution is 5.86. The van der Waals surface area contributed by atoms with E-state index in [4.69, 9.17) is 0 Å². The standard InChI is InChI=1S/C21H25N3O/c1-17(24-12-11-18-7-5-6-10-20(18)24)21(25)23-15-13-22(14-16-23)19-8-3-2-4-9-19/h2-10,17H,11-16H2,1H3/t17-/m1/s1. The van der Waals surface area contributed by atoms with Gasteiger partial charge in [0.2, 0.25) is 5.91 Å². The zero-order valence-electron chi connectivity index (χ0n) is 14.8. The minimum Gasteiger partial charge on any atom is -0.368 e. The lowest BCUT2D eigenvalue weighted by Crippen LogP contribution is -2.54. The average Bonchev–Trinajstić information content (AvgIpc) is 3.12. The van der Waals surface area contributed by atoms with Crippen molar-refractivity contribution in [2.24, 2.45) is 0 Å². The maximum Gasteiger partial charge on any atom is 0.245 e. The van der Waals surface area contributed by atoms with Gasteiger partial charge in [-0.25, -0.2) is 0 Å². The summed E-state index contributed by atoms with van der Waals surface area (Å²) in [4.78, 5) is 19.7. The molecule has 2 heterocycles. The number of fused-ring (bicyclic) bond motifs is 1. The predicted octanol–water partition coefficient (Wildman–Crippen LogP) is 2.79. The molecular formula is C21H25N3O. The SMILES string of the molecule is C[C@H](C(=O)N1CCN(c2ccccc2)CC1)N1CCc2ccccc21. The Morgan fingerprint density at radius 1 is 0.880 bits per heavy atom. The fourth-order valence-electron chi connectivity index (χ4n) is 3.99. The van der Waals surface area contributed by atoms with Gasteiger partial charge in [-0.1, -0.05) is 36.4 Å². The second-order valence-electron chi connectivity index (χ2n) is 6.90. The van der Waals surface area contributed by atoms with Crippen molar-refractivity contribution in [1.29, 1.82) is 0 Å². The molecule has 130 valence electrons. The first-order valence-electron chi connectivity index (χ1n) is 9.17. The number of carbonyl (C=O) groups is 1. The van der Waals surface area contributed by atoms with Gasteiger partial charge in [-0.2, -0.15) is 0 Å². The Balaban J connectivity index is 1.39. The van der Waals surface area contributed by atoms with E-state index in [9.17, 15) is 4.79 Å². The van der Waals surface area contributed by atoms with Crippen LogP contribution in [0.25, 0.3) is 0 Å². The molecule has 0 N–H and O–H groups in total. The normalized spacial score (nSPS) is 18.2. The van der Waals surface area contributed by atoms with Crippen molar-refractivity contribution in [2.45, 2.75) is 19.4 Å². The van der Waals surface area contributed by atoms with E-state index in [2.05, 4.69) is 58.3 Å². The van der Waals surface area contributed by atoms with Gasteiger partial charge in [0.1, 0.15) is 6.04 Å². The minimum absolute atomic E-state index is 0.0908. The Hall–Kier alpha value is -2.49. The third-order valence-corrected chi connectivity index (χ3v) is 5.46. The minimum atomic E-state index is -0.0908. The molecule has 0 radical (unpaired) electrons. The summed E-state index contributed by atoms with van der Waals surface area (Å²) in [6.07, 6.45) is 1.04. The second-order valence-corrected chi connectivity index (χ2v) is 6.90. The Kier molecular flexibility index (Phi) is 4.35. The Morgan fingerprint density at radius 2 is 1.56 bits per heavy atom. The molecule has 0 saturated carbocycles. The number of hydrogen-bond donors (Lipinski definition) is 0. The van der Waals surface area contributed by atoms with E-state index < -0.39 is 0 Å². The molecule has 2 aromatic rings. The largest absolute Gasteiger partial charge is 0.368 e. The highest BCUT2D eigenvalue weighted by atomic mass is 16.2. The topological polar surface area (TPSA) is 26.8 Å². The highest BCUT2D eigenvalue weighted by Crippen LogP contribution is 2.29. The Labute approximate surface area is 149 Å². The quantitative estimate of drug-likeness (QED) is 0.863. The van der Waals surface area contributed by atoms with E-state index in [-0.39, 0.29) is 11.9 Å². The van der Waals surface area contributed by atoms with Crippen LogP contribution in [0.2, 0.25) is 0 Å². The maximum absolute atomic E-state index is 13.0. The number of nitrogens with zero attached hydrogens (tertiary/aromatic N) is 3. The molecule has 1 fully saturated rings. The van der Waals surface area contributed by atoms with Crippen LogP contribution in [0.4, 0.5) is 11.4 Å². The zero-order chi connectivity index (χ0) is 17.2. The van der Waals surface area contributed by atoms with Gasteiger partial charge in [-0.15, -0.1) is 0 Å². The van der Waals surface area contributed by atoms with Crippen molar-refractivity contribution in [3.8, 4) is 0 Å². The number of para-hydroxylation sites is 2. The number of benzene rings is 2. The van der Waals surface area contributed by atoms with Gasteiger partial charge >= 0.3 is 0 Å². The molecule has 2 aliphatic rings. The third-order valence-electron chi connectivity index (χ3n) is 5.46. The molecule has 25 heavy (non-hydrogen) atoms. The van der Waals surface area contributed by atoms with E-state index in [1.54, 1.807) is 0 Å². The maximum atomic E-state index is 13.0. The third kappa shape index (κ3) is 3.09. The lowest BCUT2D eigenvalue weighted by Gasteiger charge is -2.38. The van der Waals surface area contributed by atoms with Crippen molar-refractivity contribution >= 4 is 17.3 Å². The van der Waals surface area contributed by atoms with Crippen LogP contribution in [0.5, 0.6) is 0 Å². The second kappa shape index (κ2) is 6.79. The van der Waals surface area contributed by atoms with Gasteiger partial charge in [0.25, 0.3) is 0 Å². The van der Waals surface area contributed by atoms with Crippen molar-refractivity contribution in [1.82, 2.24) is 4.90 Å². The predicted molar refractivity (Wildman–Crippen MR) is 102 cm³/mol.